The lowest BCUT2D eigenvalue weighted by Gasteiger charge is -2.32. The number of carboxylic acids is 1. The van der Waals surface area contributed by atoms with Gasteiger partial charge in [-0.25, -0.2) is 4.79 Å². The van der Waals surface area contributed by atoms with E-state index in [1.807, 2.05) is 11.0 Å². The smallest absolute Gasteiger partial charge is 0.415 e. The molecule has 3 rings (SSSR count). The molecule has 0 saturated carbocycles. The average Bonchev–Trinajstić information content (AvgIpc) is 2.98. The van der Waals surface area contributed by atoms with Crippen molar-refractivity contribution in [1.82, 2.24) is 9.80 Å². The Balaban J connectivity index is 1.82. The zero-order valence-electron chi connectivity index (χ0n) is 14.4. The number of carboxylic acid groups (broad SMARTS) is 1. The van der Waals surface area contributed by atoms with Crippen molar-refractivity contribution < 1.29 is 19.4 Å². The second kappa shape index (κ2) is 7.65. The molecule has 2 aromatic rings. The number of aliphatic carboxylic acids is 1. The first-order valence-electron chi connectivity index (χ1n) is 8.09. The van der Waals surface area contributed by atoms with Crippen LogP contribution in [0.5, 0.6) is 5.06 Å². The molecule has 138 valence electrons. The Kier molecular flexibility index (Phi) is 5.50. The normalized spacial score (nSPS) is 15.2. The molecule has 1 aliphatic rings. The predicted molar refractivity (Wildman–Crippen MR) is 100.0 cm³/mol. The highest BCUT2D eigenvalue weighted by Gasteiger charge is 2.32. The molecule has 8 heteroatoms. The zero-order chi connectivity index (χ0) is 18.8. The van der Waals surface area contributed by atoms with Crippen molar-refractivity contribution in [2.24, 2.45) is 0 Å². The first kappa shape index (κ1) is 18.7. The molecule has 26 heavy (non-hydrogen) atoms. The van der Waals surface area contributed by atoms with Gasteiger partial charge in [-0.1, -0.05) is 29.8 Å². The van der Waals surface area contributed by atoms with E-state index in [-0.39, 0.29) is 0 Å². The van der Waals surface area contributed by atoms with Gasteiger partial charge in [0.25, 0.3) is 0 Å². The van der Waals surface area contributed by atoms with Gasteiger partial charge in [-0.3, -0.25) is 9.69 Å². The number of nitrogens with zero attached hydrogens (tertiary/aromatic N) is 2. The van der Waals surface area contributed by atoms with Crippen LogP contribution in [0.15, 0.2) is 30.3 Å². The van der Waals surface area contributed by atoms with E-state index in [0.717, 1.165) is 10.4 Å². The summed E-state index contributed by atoms with van der Waals surface area (Å²) >= 11 is 7.66. The third kappa shape index (κ3) is 3.85. The molecule has 1 N–H and O–H groups in total. The van der Waals surface area contributed by atoms with Crippen molar-refractivity contribution in [1.29, 1.82) is 0 Å². The third-order valence-corrected chi connectivity index (χ3v) is 5.68. The number of hydrogen-bond donors (Lipinski definition) is 1. The Hall–Kier alpha value is -2.09. The topological polar surface area (TPSA) is 70.1 Å². The van der Waals surface area contributed by atoms with E-state index < -0.39 is 18.1 Å². The molecule has 0 fully saturated rings. The number of ether oxygens (including phenoxy) is 1. The number of carbonyl (C=O) groups is 2. The molecule has 1 unspecified atom stereocenters. The predicted octanol–water partition coefficient (Wildman–Crippen LogP) is 3.65. The van der Waals surface area contributed by atoms with Crippen molar-refractivity contribution in [3.05, 3.63) is 51.4 Å². The van der Waals surface area contributed by atoms with E-state index in [9.17, 15) is 14.7 Å². The largest absolute Gasteiger partial charge is 0.480 e. The summed E-state index contributed by atoms with van der Waals surface area (Å²) in [5.74, 6) is -0.934. The van der Waals surface area contributed by atoms with Gasteiger partial charge in [0.2, 0.25) is 0 Å². The Morgan fingerprint density at radius 2 is 2.08 bits per heavy atom. The highest BCUT2D eigenvalue weighted by atomic mass is 35.5. The summed E-state index contributed by atoms with van der Waals surface area (Å²) in [5, 5.41) is 10.7. The van der Waals surface area contributed by atoms with Crippen LogP contribution in [0.1, 0.15) is 22.0 Å². The van der Waals surface area contributed by atoms with E-state index in [2.05, 4.69) is 0 Å². The summed E-state index contributed by atoms with van der Waals surface area (Å²) in [4.78, 5) is 28.0. The summed E-state index contributed by atoms with van der Waals surface area (Å²) < 4.78 is 5.33. The Morgan fingerprint density at radius 1 is 1.35 bits per heavy atom. The lowest BCUT2D eigenvalue weighted by Crippen LogP contribution is -2.37. The second-order valence-corrected chi connectivity index (χ2v) is 7.77. The van der Waals surface area contributed by atoms with Crippen LogP contribution in [0.2, 0.25) is 5.02 Å². The summed E-state index contributed by atoms with van der Waals surface area (Å²) in [6, 6.07) is 8.02. The van der Waals surface area contributed by atoms with Crippen molar-refractivity contribution >= 4 is 35.0 Å². The van der Waals surface area contributed by atoms with Gasteiger partial charge in [0.15, 0.2) is 5.06 Å². The van der Waals surface area contributed by atoms with Crippen molar-refractivity contribution in [2.75, 3.05) is 20.6 Å². The number of rotatable bonds is 4. The summed E-state index contributed by atoms with van der Waals surface area (Å²) in [7, 11) is 3.25. The number of carbonyl (C=O) groups excluding carboxylic acids is 1. The van der Waals surface area contributed by atoms with Gasteiger partial charge < -0.3 is 14.7 Å². The molecular weight excluding hydrogens is 376 g/mol. The van der Waals surface area contributed by atoms with Crippen LogP contribution in [0.25, 0.3) is 0 Å². The van der Waals surface area contributed by atoms with Gasteiger partial charge in [-0.2, -0.15) is 0 Å². The van der Waals surface area contributed by atoms with Gasteiger partial charge >= 0.3 is 12.1 Å². The molecule has 0 aliphatic carbocycles. The van der Waals surface area contributed by atoms with Crippen LogP contribution in [-0.4, -0.2) is 47.6 Å². The summed E-state index contributed by atoms with van der Waals surface area (Å²) in [6.07, 6.45) is 0.272. The first-order valence-corrected chi connectivity index (χ1v) is 9.28. The van der Waals surface area contributed by atoms with Gasteiger partial charge in [-0.05, 0) is 29.7 Å². The maximum Gasteiger partial charge on any atom is 0.415 e. The SMILES string of the molecule is CN(C)C(=O)Oc1cc2c(s1)CCN(C(C(=O)O)c1ccccc1Cl)C2. The Bertz CT molecular complexity index is 836. The number of thiophene rings is 1. The molecule has 0 saturated heterocycles. The third-order valence-electron chi connectivity index (χ3n) is 4.23. The number of benzene rings is 1. The van der Waals surface area contributed by atoms with Crippen molar-refractivity contribution in [2.45, 2.75) is 19.0 Å². The zero-order valence-corrected chi connectivity index (χ0v) is 16.0. The van der Waals surface area contributed by atoms with E-state index in [0.29, 0.717) is 35.2 Å². The minimum atomic E-state index is -0.934. The molecule has 6 nitrogen and oxygen atoms in total. The minimum Gasteiger partial charge on any atom is -0.480 e. The lowest BCUT2D eigenvalue weighted by molar-refractivity contribution is -0.144. The van der Waals surface area contributed by atoms with Crippen molar-refractivity contribution in [3.8, 4) is 5.06 Å². The fourth-order valence-corrected chi connectivity index (χ4v) is 4.20. The molecular formula is C18H19ClN2O4S. The molecule has 0 radical (unpaired) electrons. The summed E-state index contributed by atoms with van der Waals surface area (Å²) in [6.45, 7) is 1.06. The van der Waals surface area contributed by atoms with Gasteiger partial charge in [0, 0.05) is 37.1 Å². The minimum absolute atomic E-state index is 0.431. The quantitative estimate of drug-likeness (QED) is 0.857. The fraction of sp³-hybridized carbons (Fsp3) is 0.333. The maximum atomic E-state index is 11.9. The van der Waals surface area contributed by atoms with E-state index in [4.69, 9.17) is 16.3 Å². The first-order chi connectivity index (χ1) is 12.4. The molecule has 0 bridgehead atoms. The van der Waals surface area contributed by atoms with Crippen LogP contribution in [0.4, 0.5) is 4.79 Å². The molecule has 1 amide bonds. The van der Waals surface area contributed by atoms with Crippen LogP contribution >= 0.6 is 22.9 Å². The maximum absolute atomic E-state index is 11.9. The highest BCUT2D eigenvalue weighted by molar-refractivity contribution is 7.14. The second-order valence-electron chi connectivity index (χ2n) is 6.26. The van der Waals surface area contributed by atoms with Crippen molar-refractivity contribution in [3.63, 3.8) is 0 Å². The monoisotopic (exact) mass is 394 g/mol. The van der Waals surface area contributed by atoms with Crippen LogP contribution in [0.3, 0.4) is 0 Å². The summed E-state index contributed by atoms with van der Waals surface area (Å²) in [5.41, 5.74) is 1.57. The number of amides is 1. The van der Waals surface area contributed by atoms with Gasteiger partial charge in [0.1, 0.15) is 6.04 Å². The lowest BCUT2D eigenvalue weighted by atomic mass is 10.0. The molecule has 1 aliphatic heterocycles. The molecule has 1 atom stereocenters. The molecule has 2 heterocycles. The van der Waals surface area contributed by atoms with Gasteiger partial charge in [-0.15, -0.1) is 11.3 Å². The number of halogens is 1. The Morgan fingerprint density at radius 3 is 2.73 bits per heavy atom. The van der Waals surface area contributed by atoms with E-state index in [1.165, 1.54) is 16.2 Å². The molecule has 1 aromatic carbocycles. The molecule has 0 spiro atoms. The van der Waals surface area contributed by atoms with Crippen LogP contribution in [0, 0.1) is 0 Å². The molecule has 1 aromatic heterocycles. The number of hydrogen-bond acceptors (Lipinski definition) is 5. The van der Waals surface area contributed by atoms with Gasteiger partial charge in [0.05, 0.1) is 0 Å². The van der Waals surface area contributed by atoms with Crippen LogP contribution in [-0.2, 0) is 17.8 Å². The van der Waals surface area contributed by atoms with E-state index in [1.54, 1.807) is 38.4 Å². The van der Waals surface area contributed by atoms with E-state index >= 15 is 0 Å². The fourth-order valence-electron chi connectivity index (χ4n) is 2.96. The standard InChI is InChI=1S/C18H19ClN2O4S/c1-20(2)18(24)25-15-9-11-10-21(8-7-14(11)26-15)16(17(22)23)12-5-3-4-6-13(12)19/h3-6,9,16H,7-8,10H2,1-2H3,(H,22,23). The van der Waals surface area contributed by atoms with Crippen LogP contribution < -0.4 is 4.74 Å². The average molecular weight is 395 g/mol. The highest BCUT2D eigenvalue weighted by Crippen LogP contribution is 2.37. The Labute approximate surface area is 160 Å². The number of fused-ring (bicyclic) bond motifs is 1.